The third-order valence-corrected chi connectivity index (χ3v) is 3.00. The summed E-state index contributed by atoms with van der Waals surface area (Å²) in [6, 6.07) is 0. The molecule has 0 saturated heterocycles. The van der Waals surface area contributed by atoms with Crippen LogP contribution in [0.5, 0.6) is 0 Å². The van der Waals surface area contributed by atoms with Gasteiger partial charge in [-0.1, -0.05) is 91.9 Å². The van der Waals surface area contributed by atoms with Crippen molar-refractivity contribution in [2.45, 2.75) is 91.9 Å². The van der Waals surface area contributed by atoms with E-state index in [0.717, 1.165) is 12.2 Å². The first-order valence-electron chi connectivity index (χ1n) is 6.91. The zero-order chi connectivity index (χ0) is 13.9. The van der Waals surface area contributed by atoms with E-state index in [9.17, 15) is 0 Å². The maximum absolute atomic E-state index is 8.35. The maximum atomic E-state index is 8.35. The lowest BCUT2D eigenvalue weighted by molar-refractivity contribution is 0.504. The Bertz CT molecular complexity index is 163. The second-order valence-corrected chi connectivity index (χ2v) is 4.45. The molecule has 0 bridgehead atoms. The lowest BCUT2D eigenvalue weighted by Crippen LogP contribution is -1.85. The summed E-state index contributed by atoms with van der Waals surface area (Å²) >= 11 is 0. The molecule has 4 heteroatoms. The Labute approximate surface area is 125 Å². The molecule has 2 N–H and O–H groups in total. The van der Waals surface area contributed by atoms with Gasteiger partial charge in [0.2, 0.25) is 12.2 Å². The highest BCUT2D eigenvalue weighted by atomic mass is 16.1. The second kappa shape index (κ2) is 30.6. The molecule has 0 unspecified atom stereocenters. The molecule has 20 heavy (non-hydrogen) atoms. The molecule has 0 aliphatic heterocycles. The predicted octanol–water partition coefficient (Wildman–Crippen LogP) is 5.76. The van der Waals surface area contributed by atoms with Gasteiger partial charge in [0.1, 0.15) is 0 Å². The van der Waals surface area contributed by atoms with Gasteiger partial charge in [-0.3, -0.25) is 0 Å². The molecule has 4 nitrogen and oxygen atoms in total. The van der Waals surface area contributed by atoms with Crippen LogP contribution in [0, 0.1) is 10.8 Å². The number of isocyanates is 2. The average Bonchev–Trinajstić information content (AvgIpc) is 2.45. The van der Waals surface area contributed by atoms with Crippen molar-refractivity contribution in [3.05, 3.63) is 0 Å². The number of nitrogens with one attached hydrogen (secondary N) is 2. The Morgan fingerprint density at radius 3 is 0.550 bits per heavy atom. The van der Waals surface area contributed by atoms with E-state index in [1.54, 1.807) is 0 Å². The first-order chi connectivity index (χ1) is 8.83. The summed E-state index contributed by atoms with van der Waals surface area (Å²) in [6.45, 7) is 0. The summed E-state index contributed by atoms with van der Waals surface area (Å²) in [5.74, 6) is 0. The third-order valence-electron chi connectivity index (χ3n) is 3.00. The van der Waals surface area contributed by atoms with Crippen LogP contribution in [-0.4, -0.2) is 12.2 Å². The Morgan fingerprint density at radius 1 is 0.450 bits per heavy atom. The lowest BCUT2D eigenvalue weighted by atomic mass is 10.0. The highest BCUT2D eigenvalue weighted by molar-refractivity contribution is 5.26. The molecule has 2 fully saturated rings. The second-order valence-electron chi connectivity index (χ2n) is 4.45. The molecule has 0 spiro atoms. The summed E-state index contributed by atoms with van der Waals surface area (Å²) in [7, 11) is 0. The Hall–Kier alpha value is -1.24. The van der Waals surface area contributed by atoms with Crippen LogP contribution in [0.4, 0.5) is 0 Å². The van der Waals surface area contributed by atoms with Crippen molar-refractivity contribution < 1.29 is 9.59 Å². The van der Waals surface area contributed by atoms with Gasteiger partial charge in [-0.15, -0.1) is 0 Å². The molecule has 120 valence electrons. The Kier molecular flexibility index (Phi) is 41.6. The number of rotatable bonds is 0. The molecule has 0 heterocycles. The van der Waals surface area contributed by atoms with Crippen molar-refractivity contribution in [3.63, 3.8) is 0 Å². The molecule has 2 aliphatic rings. The molecule has 0 amide bonds. The molecule has 2 aliphatic carbocycles. The van der Waals surface area contributed by atoms with Crippen molar-refractivity contribution in [1.82, 2.24) is 0 Å². The zero-order valence-corrected chi connectivity index (χ0v) is 11.3. The predicted molar refractivity (Wildman–Crippen MR) is 85.7 cm³/mol. The van der Waals surface area contributed by atoms with Crippen molar-refractivity contribution in [1.29, 1.82) is 10.8 Å². The highest BCUT2D eigenvalue weighted by Crippen LogP contribution is 2.15. The van der Waals surface area contributed by atoms with Gasteiger partial charge in [0, 0.05) is 0 Å². The van der Waals surface area contributed by atoms with Crippen LogP contribution < -0.4 is 0 Å². The summed E-state index contributed by atoms with van der Waals surface area (Å²) in [5, 5.41) is 10.8. The molecule has 0 aromatic carbocycles. The van der Waals surface area contributed by atoms with Crippen LogP contribution in [0.1, 0.15) is 91.9 Å². The quantitative estimate of drug-likeness (QED) is 0.438. The third kappa shape index (κ3) is 36.0. The fourth-order valence-electron chi connectivity index (χ4n) is 2.12. The van der Waals surface area contributed by atoms with Crippen LogP contribution >= 0.6 is 0 Å². The molecule has 0 aromatic rings. The summed E-state index contributed by atoms with van der Waals surface area (Å²) < 4.78 is 0. The van der Waals surface area contributed by atoms with Gasteiger partial charge >= 0.3 is 0 Å². The molecular weight excluding hydrogens is 252 g/mol. The van der Waals surface area contributed by atoms with E-state index in [1.165, 1.54) is 77.0 Å². The largest absolute Gasteiger partial charge is 0.231 e. The Balaban J connectivity index is -0.0000000874. The fourth-order valence-corrected chi connectivity index (χ4v) is 2.12. The van der Waals surface area contributed by atoms with Gasteiger partial charge in [0.15, 0.2) is 0 Å². The number of hydrogen-bond donors (Lipinski definition) is 2. The molecular formula is C16H34N2O2. The van der Waals surface area contributed by atoms with Crippen LogP contribution in [-0.2, 0) is 9.59 Å². The van der Waals surface area contributed by atoms with Crippen molar-refractivity contribution >= 4 is 12.2 Å². The van der Waals surface area contributed by atoms with Crippen LogP contribution in [0.25, 0.3) is 0 Å². The van der Waals surface area contributed by atoms with Gasteiger partial charge in [0.05, 0.1) is 0 Å². The van der Waals surface area contributed by atoms with Gasteiger partial charge in [-0.2, -0.15) is 0 Å². The van der Waals surface area contributed by atoms with Gasteiger partial charge in [-0.25, -0.2) is 20.4 Å². The van der Waals surface area contributed by atoms with Gasteiger partial charge in [0.25, 0.3) is 0 Å². The first-order valence-corrected chi connectivity index (χ1v) is 6.91. The topological polar surface area (TPSA) is 81.8 Å². The normalized spacial score (nSPS) is 15.2. The van der Waals surface area contributed by atoms with Crippen LogP contribution in [0.2, 0.25) is 0 Å². The molecule has 0 atom stereocenters. The minimum atomic E-state index is 0. The molecule has 0 radical (unpaired) electrons. The highest BCUT2D eigenvalue weighted by Gasteiger charge is 1.96. The summed E-state index contributed by atoms with van der Waals surface area (Å²) in [6.07, 6.45) is 19.5. The standard InChI is InChI=1S/2C6H12.2CHNO.2CH4/c2*1-2-4-6-5-3-1;2*2-1-3;;/h2*1-6H2;2*2H;2*1H4. The minimum absolute atomic E-state index is 0. The van der Waals surface area contributed by atoms with E-state index in [0.29, 0.717) is 0 Å². The van der Waals surface area contributed by atoms with E-state index in [-0.39, 0.29) is 14.9 Å². The summed E-state index contributed by atoms with van der Waals surface area (Å²) in [5.41, 5.74) is 0. The van der Waals surface area contributed by atoms with Crippen molar-refractivity contribution in [2.24, 2.45) is 0 Å². The van der Waals surface area contributed by atoms with Crippen LogP contribution in [0.3, 0.4) is 0 Å². The van der Waals surface area contributed by atoms with Crippen molar-refractivity contribution in [2.75, 3.05) is 0 Å². The van der Waals surface area contributed by atoms with Crippen molar-refractivity contribution in [3.8, 4) is 0 Å². The molecule has 2 saturated carbocycles. The van der Waals surface area contributed by atoms with Gasteiger partial charge < -0.3 is 0 Å². The van der Waals surface area contributed by atoms with E-state index in [1.807, 2.05) is 0 Å². The van der Waals surface area contributed by atoms with E-state index < -0.39 is 0 Å². The van der Waals surface area contributed by atoms with E-state index in [4.69, 9.17) is 20.4 Å². The minimum Gasteiger partial charge on any atom is -0.222 e. The first kappa shape index (κ1) is 27.2. The molecule has 2 rings (SSSR count). The number of carbonyl (C=O) groups excluding carboxylic acids is 2. The lowest BCUT2D eigenvalue weighted by Gasteiger charge is -2.05. The summed E-state index contributed by atoms with van der Waals surface area (Å²) in [4.78, 5) is 16.7. The SMILES string of the molecule is C.C.C1CCCCC1.C1CCCCC1.N=C=O.N=C=O. The maximum Gasteiger partial charge on any atom is 0.231 e. The number of hydrogen-bond acceptors (Lipinski definition) is 4. The van der Waals surface area contributed by atoms with Gasteiger partial charge in [-0.05, 0) is 0 Å². The zero-order valence-electron chi connectivity index (χ0n) is 11.3. The monoisotopic (exact) mass is 286 g/mol. The Morgan fingerprint density at radius 2 is 0.500 bits per heavy atom. The van der Waals surface area contributed by atoms with E-state index >= 15 is 0 Å². The fraction of sp³-hybridized carbons (Fsp3) is 0.875. The van der Waals surface area contributed by atoms with E-state index in [2.05, 4.69) is 0 Å². The average molecular weight is 286 g/mol. The molecule has 0 aromatic heterocycles. The van der Waals surface area contributed by atoms with Crippen LogP contribution in [0.15, 0.2) is 0 Å². The smallest absolute Gasteiger partial charge is 0.222 e.